The zero-order chi connectivity index (χ0) is 19.6. The number of hydrogen-bond acceptors (Lipinski definition) is 4. The largest absolute Gasteiger partial charge is 0.453 e. The zero-order valence-corrected chi connectivity index (χ0v) is 15.2. The molecule has 5 nitrogen and oxygen atoms in total. The van der Waals surface area contributed by atoms with E-state index in [9.17, 15) is 13.2 Å². The van der Waals surface area contributed by atoms with Gasteiger partial charge in [-0.15, -0.1) is 5.10 Å². The minimum Gasteiger partial charge on any atom is -0.384 e. The molecule has 8 heteroatoms. The summed E-state index contributed by atoms with van der Waals surface area (Å²) in [6.45, 7) is 4.37. The first kappa shape index (κ1) is 19.0. The maximum atomic E-state index is 13.2. The van der Waals surface area contributed by atoms with Gasteiger partial charge >= 0.3 is 6.18 Å². The maximum Gasteiger partial charge on any atom is 0.453 e. The van der Waals surface area contributed by atoms with Crippen molar-refractivity contribution in [3.8, 4) is 16.8 Å². The molecule has 0 aliphatic heterocycles. The highest BCUT2D eigenvalue weighted by Crippen LogP contribution is 2.32. The molecule has 0 saturated heterocycles. The van der Waals surface area contributed by atoms with E-state index in [0.29, 0.717) is 6.61 Å². The van der Waals surface area contributed by atoms with Crippen LogP contribution in [0.2, 0.25) is 0 Å². The van der Waals surface area contributed by atoms with E-state index in [1.165, 1.54) is 0 Å². The first-order chi connectivity index (χ1) is 12.8. The molecule has 142 valence electrons. The predicted molar refractivity (Wildman–Crippen MR) is 94.6 cm³/mol. The van der Waals surface area contributed by atoms with Gasteiger partial charge in [0.1, 0.15) is 0 Å². The number of benzene rings is 2. The molecule has 0 radical (unpaired) electrons. The Kier molecular flexibility index (Phi) is 5.27. The van der Waals surface area contributed by atoms with E-state index in [4.69, 9.17) is 4.74 Å². The van der Waals surface area contributed by atoms with Gasteiger partial charge in [0.2, 0.25) is 0 Å². The van der Waals surface area contributed by atoms with Crippen LogP contribution in [0.1, 0.15) is 29.8 Å². The number of halogens is 3. The third-order valence-electron chi connectivity index (χ3n) is 4.28. The number of tetrazole rings is 1. The van der Waals surface area contributed by atoms with Gasteiger partial charge in [-0.05, 0) is 46.2 Å². The molecule has 1 heterocycles. The van der Waals surface area contributed by atoms with Crippen molar-refractivity contribution in [3.05, 3.63) is 59.4 Å². The molecule has 0 amide bonds. The van der Waals surface area contributed by atoms with Crippen molar-refractivity contribution in [2.75, 3.05) is 13.7 Å². The number of hydrogen-bond donors (Lipinski definition) is 0. The fourth-order valence-corrected chi connectivity index (χ4v) is 2.84. The van der Waals surface area contributed by atoms with Crippen LogP contribution in [-0.4, -0.2) is 33.9 Å². The lowest BCUT2D eigenvalue weighted by Gasteiger charge is -2.16. The van der Waals surface area contributed by atoms with Gasteiger partial charge in [0, 0.05) is 13.0 Å². The summed E-state index contributed by atoms with van der Waals surface area (Å²) in [5.41, 5.74) is 3.88. The summed E-state index contributed by atoms with van der Waals surface area (Å²) >= 11 is 0. The maximum absolute atomic E-state index is 13.2. The zero-order valence-electron chi connectivity index (χ0n) is 15.2. The van der Waals surface area contributed by atoms with Crippen LogP contribution in [0.4, 0.5) is 13.2 Å². The number of aryl methyl sites for hydroxylation is 1. The summed E-state index contributed by atoms with van der Waals surface area (Å²) in [6.07, 6.45) is -4.65. The molecule has 27 heavy (non-hydrogen) atoms. The molecule has 1 aromatic heterocycles. The van der Waals surface area contributed by atoms with Gasteiger partial charge in [0.25, 0.3) is 5.82 Å². The molecule has 0 fully saturated rings. The van der Waals surface area contributed by atoms with Gasteiger partial charge in [-0.2, -0.15) is 17.9 Å². The SMILES string of the molecule is COCC(C)c1cc(-c2ccc(C)cc2)cc(-n2nnnc2C(F)(F)F)c1. The second-order valence-electron chi connectivity index (χ2n) is 6.45. The van der Waals surface area contributed by atoms with Crippen molar-refractivity contribution in [3.63, 3.8) is 0 Å². The molecule has 3 aromatic rings. The van der Waals surface area contributed by atoms with Gasteiger partial charge in [0.05, 0.1) is 12.3 Å². The average Bonchev–Trinajstić information content (AvgIpc) is 3.12. The van der Waals surface area contributed by atoms with Crippen molar-refractivity contribution in [1.82, 2.24) is 20.2 Å². The molecule has 0 aliphatic carbocycles. The van der Waals surface area contributed by atoms with Crippen LogP contribution in [0.3, 0.4) is 0 Å². The number of rotatable bonds is 5. The summed E-state index contributed by atoms with van der Waals surface area (Å²) in [5.74, 6) is -1.17. The van der Waals surface area contributed by atoms with Crippen LogP contribution in [0.25, 0.3) is 16.8 Å². The van der Waals surface area contributed by atoms with Gasteiger partial charge in [-0.25, -0.2) is 0 Å². The minimum absolute atomic E-state index is 0.00929. The van der Waals surface area contributed by atoms with E-state index in [1.807, 2.05) is 44.2 Å². The Morgan fingerprint density at radius 3 is 2.41 bits per heavy atom. The molecule has 0 saturated carbocycles. The molecule has 0 aliphatic rings. The first-order valence-corrected chi connectivity index (χ1v) is 8.36. The Bertz CT molecular complexity index is 919. The van der Waals surface area contributed by atoms with Crippen LogP contribution in [-0.2, 0) is 10.9 Å². The van der Waals surface area contributed by atoms with Crippen LogP contribution in [0.15, 0.2) is 42.5 Å². The average molecular weight is 376 g/mol. The second kappa shape index (κ2) is 7.48. The second-order valence-corrected chi connectivity index (χ2v) is 6.45. The molecule has 1 atom stereocenters. The molecular formula is C19H19F3N4O. The lowest BCUT2D eigenvalue weighted by Crippen LogP contribution is -2.15. The fourth-order valence-electron chi connectivity index (χ4n) is 2.84. The van der Waals surface area contributed by atoms with Gasteiger partial charge in [-0.1, -0.05) is 42.8 Å². The Morgan fingerprint density at radius 2 is 1.78 bits per heavy atom. The molecule has 0 N–H and O–H groups in total. The van der Waals surface area contributed by atoms with Crippen LogP contribution >= 0.6 is 0 Å². The van der Waals surface area contributed by atoms with E-state index in [2.05, 4.69) is 15.5 Å². The van der Waals surface area contributed by atoms with Crippen LogP contribution in [0, 0.1) is 6.92 Å². The molecular weight excluding hydrogens is 357 g/mol. The van der Waals surface area contributed by atoms with Crippen LogP contribution < -0.4 is 0 Å². The third kappa shape index (κ3) is 4.16. The van der Waals surface area contributed by atoms with Crippen molar-refractivity contribution >= 4 is 0 Å². The summed E-state index contributed by atoms with van der Waals surface area (Å²) in [5, 5.41) is 9.90. The lowest BCUT2D eigenvalue weighted by atomic mass is 9.95. The Labute approximate surface area is 154 Å². The molecule has 2 aromatic carbocycles. The molecule has 1 unspecified atom stereocenters. The van der Waals surface area contributed by atoms with E-state index < -0.39 is 12.0 Å². The summed E-state index contributed by atoms with van der Waals surface area (Å²) in [4.78, 5) is 0. The number of methoxy groups -OCH3 is 1. The fraction of sp³-hybridized carbons (Fsp3) is 0.316. The number of alkyl halides is 3. The molecule has 0 spiro atoms. The highest BCUT2D eigenvalue weighted by atomic mass is 19.4. The highest BCUT2D eigenvalue weighted by Gasteiger charge is 2.38. The van der Waals surface area contributed by atoms with E-state index in [1.54, 1.807) is 19.2 Å². The van der Waals surface area contributed by atoms with Crippen molar-refractivity contribution in [2.45, 2.75) is 25.9 Å². The highest BCUT2D eigenvalue weighted by molar-refractivity contribution is 5.67. The number of ether oxygens (including phenoxy) is 1. The monoisotopic (exact) mass is 376 g/mol. The summed E-state index contributed by atoms with van der Waals surface area (Å²) < 4.78 is 45.6. The van der Waals surface area contributed by atoms with Gasteiger partial charge in [0.15, 0.2) is 0 Å². The van der Waals surface area contributed by atoms with E-state index >= 15 is 0 Å². The summed E-state index contributed by atoms with van der Waals surface area (Å²) in [6, 6.07) is 13.0. The molecule has 0 bridgehead atoms. The van der Waals surface area contributed by atoms with E-state index in [-0.39, 0.29) is 11.6 Å². The normalized spacial score (nSPS) is 13.0. The van der Waals surface area contributed by atoms with Crippen LogP contribution in [0.5, 0.6) is 0 Å². The Balaban J connectivity index is 2.16. The number of nitrogens with zero attached hydrogens (tertiary/aromatic N) is 4. The third-order valence-corrected chi connectivity index (χ3v) is 4.28. The smallest absolute Gasteiger partial charge is 0.384 e. The summed E-state index contributed by atoms with van der Waals surface area (Å²) in [7, 11) is 1.59. The van der Waals surface area contributed by atoms with Crippen molar-refractivity contribution in [1.29, 1.82) is 0 Å². The number of aromatic nitrogens is 4. The lowest BCUT2D eigenvalue weighted by molar-refractivity contribution is -0.146. The van der Waals surface area contributed by atoms with Crippen molar-refractivity contribution < 1.29 is 17.9 Å². The molecule has 3 rings (SSSR count). The standard InChI is InChI=1S/C19H19F3N4O/c1-12-4-6-14(7-5-12)16-8-15(13(2)11-27-3)9-17(10-16)26-18(19(20,21)22)23-24-25-26/h4-10,13H,11H2,1-3H3. The Hall–Kier alpha value is -2.74. The Morgan fingerprint density at radius 1 is 1.07 bits per heavy atom. The van der Waals surface area contributed by atoms with E-state index in [0.717, 1.165) is 26.9 Å². The first-order valence-electron chi connectivity index (χ1n) is 8.36. The van der Waals surface area contributed by atoms with Crippen molar-refractivity contribution in [2.24, 2.45) is 0 Å². The van der Waals surface area contributed by atoms with Gasteiger partial charge in [-0.3, -0.25) is 0 Å². The minimum atomic E-state index is -4.65. The quantitative estimate of drug-likeness (QED) is 0.662. The van der Waals surface area contributed by atoms with Gasteiger partial charge < -0.3 is 4.74 Å². The predicted octanol–water partition coefficient (Wildman–Crippen LogP) is 4.41. The topological polar surface area (TPSA) is 52.8 Å².